The average Bonchev–Trinajstić information content (AvgIpc) is 3.22. The van der Waals surface area contributed by atoms with E-state index in [-0.39, 0.29) is 17.9 Å². The Morgan fingerprint density at radius 1 is 1.15 bits per heavy atom. The molecule has 2 heterocycles. The Labute approximate surface area is 163 Å². The molecule has 138 valence electrons. The van der Waals surface area contributed by atoms with Gasteiger partial charge in [-0.25, -0.2) is 0 Å². The molecule has 2 amide bonds. The number of thiophene rings is 1. The highest BCUT2D eigenvalue weighted by Crippen LogP contribution is 2.22. The Kier molecular flexibility index (Phi) is 7.14. The molecule has 6 heteroatoms. The summed E-state index contributed by atoms with van der Waals surface area (Å²) in [5.41, 5.74) is 0. The number of amides is 2. The van der Waals surface area contributed by atoms with Crippen LogP contribution >= 0.6 is 23.1 Å². The molecule has 4 nitrogen and oxygen atoms in total. The largest absolute Gasteiger partial charge is 0.354 e. The van der Waals surface area contributed by atoms with Gasteiger partial charge in [0, 0.05) is 18.0 Å². The summed E-state index contributed by atoms with van der Waals surface area (Å²) >= 11 is 3.23. The van der Waals surface area contributed by atoms with Gasteiger partial charge in [0.05, 0.1) is 4.88 Å². The number of likely N-dealkylation sites (tertiary alicyclic amines) is 1. The molecule has 0 radical (unpaired) electrons. The number of nitrogens with one attached hydrogen (secondary N) is 1. The van der Waals surface area contributed by atoms with Crippen LogP contribution in [0.3, 0.4) is 0 Å². The second-order valence-electron chi connectivity index (χ2n) is 6.29. The van der Waals surface area contributed by atoms with Crippen molar-refractivity contribution in [2.24, 2.45) is 0 Å². The Morgan fingerprint density at radius 2 is 2.00 bits per heavy atom. The highest BCUT2D eigenvalue weighted by Gasteiger charge is 2.32. The highest BCUT2D eigenvalue weighted by atomic mass is 32.2. The van der Waals surface area contributed by atoms with Gasteiger partial charge in [0.2, 0.25) is 5.91 Å². The second-order valence-corrected chi connectivity index (χ2v) is 8.41. The standard InChI is InChI=1S/C20H24N2O2S2/c23-19(21-12-7-15-25-16-8-2-1-3-9-16)17-10-4-5-13-22(17)20(24)18-11-6-14-26-18/h1-3,6,8-9,11,14,17H,4-5,7,10,12-13,15H2,(H,21,23)/t17-/m0/s1. The third-order valence-electron chi connectivity index (χ3n) is 4.43. The van der Waals surface area contributed by atoms with Crippen molar-refractivity contribution in [2.45, 2.75) is 36.6 Å². The quantitative estimate of drug-likeness (QED) is 0.575. The summed E-state index contributed by atoms with van der Waals surface area (Å²) in [5, 5.41) is 4.93. The van der Waals surface area contributed by atoms with Crippen LogP contribution in [0.25, 0.3) is 0 Å². The lowest BCUT2D eigenvalue weighted by Gasteiger charge is -2.34. The predicted octanol–water partition coefficient (Wildman–Crippen LogP) is 4.04. The van der Waals surface area contributed by atoms with E-state index >= 15 is 0 Å². The normalized spacial score (nSPS) is 17.1. The fraction of sp³-hybridized carbons (Fsp3) is 0.400. The van der Waals surface area contributed by atoms with Crippen molar-refractivity contribution in [2.75, 3.05) is 18.8 Å². The third-order valence-corrected chi connectivity index (χ3v) is 6.39. The van der Waals surface area contributed by atoms with Crippen molar-refractivity contribution in [3.63, 3.8) is 0 Å². The van der Waals surface area contributed by atoms with Crippen LogP contribution in [-0.2, 0) is 4.79 Å². The highest BCUT2D eigenvalue weighted by molar-refractivity contribution is 7.99. The zero-order valence-corrected chi connectivity index (χ0v) is 16.4. The Bertz CT molecular complexity index is 704. The van der Waals surface area contributed by atoms with Crippen molar-refractivity contribution in [1.29, 1.82) is 0 Å². The molecule has 1 aliphatic rings. The molecule has 0 spiro atoms. The lowest BCUT2D eigenvalue weighted by atomic mass is 10.0. The second kappa shape index (κ2) is 9.78. The molecule has 1 N–H and O–H groups in total. The number of thioether (sulfide) groups is 1. The lowest BCUT2D eigenvalue weighted by Crippen LogP contribution is -2.52. The first-order chi connectivity index (χ1) is 12.8. The molecule has 1 saturated heterocycles. The number of carbonyl (C=O) groups is 2. The van der Waals surface area contributed by atoms with Gasteiger partial charge >= 0.3 is 0 Å². The topological polar surface area (TPSA) is 49.4 Å². The van der Waals surface area contributed by atoms with Gasteiger partial charge in [-0.05, 0) is 55.0 Å². The molecular formula is C20H24N2O2S2. The first-order valence-electron chi connectivity index (χ1n) is 9.06. The maximum absolute atomic E-state index is 12.7. The summed E-state index contributed by atoms with van der Waals surface area (Å²) in [6, 6.07) is 13.6. The van der Waals surface area contributed by atoms with Crippen molar-refractivity contribution in [1.82, 2.24) is 10.2 Å². The van der Waals surface area contributed by atoms with E-state index in [9.17, 15) is 9.59 Å². The van der Waals surface area contributed by atoms with E-state index in [2.05, 4.69) is 17.4 Å². The molecule has 1 fully saturated rings. The Morgan fingerprint density at radius 3 is 2.77 bits per heavy atom. The van der Waals surface area contributed by atoms with Crippen LogP contribution < -0.4 is 5.32 Å². The smallest absolute Gasteiger partial charge is 0.264 e. The van der Waals surface area contributed by atoms with E-state index in [0.29, 0.717) is 18.0 Å². The van der Waals surface area contributed by atoms with E-state index in [1.165, 1.54) is 16.2 Å². The summed E-state index contributed by atoms with van der Waals surface area (Å²) in [4.78, 5) is 29.0. The van der Waals surface area contributed by atoms with Crippen LogP contribution in [0.4, 0.5) is 0 Å². The SMILES string of the molecule is O=C(NCCCSc1ccccc1)[C@@H]1CCCCN1C(=O)c1cccs1. The molecule has 0 aliphatic carbocycles. The number of nitrogens with zero attached hydrogens (tertiary/aromatic N) is 1. The van der Waals surface area contributed by atoms with E-state index in [1.54, 1.807) is 16.7 Å². The van der Waals surface area contributed by atoms with Crippen molar-refractivity contribution >= 4 is 34.9 Å². The van der Waals surface area contributed by atoms with Crippen LogP contribution in [0, 0.1) is 0 Å². The van der Waals surface area contributed by atoms with Gasteiger partial charge in [0.1, 0.15) is 6.04 Å². The lowest BCUT2D eigenvalue weighted by molar-refractivity contribution is -0.126. The van der Waals surface area contributed by atoms with Gasteiger partial charge in [-0.3, -0.25) is 9.59 Å². The number of hydrogen-bond acceptors (Lipinski definition) is 4. The van der Waals surface area contributed by atoms with Gasteiger partial charge in [0.25, 0.3) is 5.91 Å². The minimum Gasteiger partial charge on any atom is -0.354 e. The zero-order valence-electron chi connectivity index (χ0n) is 14.7. The predicted molar refractivity (Wildman–Crippen MR) is 108 cm³/mol. The van der Waals surface area contributed by atoms with Gasteiger partial charge in [-0.15, -0.1) is 23.1 Å². The number of benzene rings is 1. The zero-order chi connectivity index (χ0) is 18.2. The molecule has 26 heavy (non-hydrogen) atoms. The average molecular weight is 389 g/mol. The fourth-order valence-electron chi connectivity index (χ4n) is 3.10. The fourth-order valence-corrected chi connectivity index (χ4v) is 4.65. The van der Waals surface area contributed by atoms with E-state index in [4.69, 9.17) is 0 Å². The molecule has 2 aromatic rings. The van der Waals surface area contributed by atoms with E-state index in [0.717, 1.165) is 31.4 Å². The molecule has 1 aromatic heterocycles. The summed E-state index contributed by atoms with van der Waals surface area (Å²) in [6.45, 7) is 1.31. The molecule has 1 atom stereocenters. The van der Waals surface area contributed by atoms with Crippen molar-refractivity contribution < 1.29 is 9.59 Å². The van der Waals surface area contributed by atoms with Crippen LogP contribution in [-0.4, -0.2) is 41.6 Å². The molecule has 3 rings (SSSR count). The minimum absolute atomic E-state index is 0.0144. The minimum atomic E-state index is -0.333. The van der Waals surface area contributed by atoms with Gasteiger partial charge in [-0.1, -0.05) is 24.3 Å². The van der Waals surface area contributed by atoms with Gasteiger partial charge in [0.15, 0.2) is 0 Å². The molecule has 0 saturated carbocycles. The van der Waals surface area contributed by atoms with Gasteiger partial charge in [-0.2, -0.15) is 0 Å². The Hall–Kier alpha value is -1.79. The van der Waals surface area contributed by atoms with Crippen molar-refractivity contribution in [3.8, 4) is 0 Å². The molecular weight excluding hydrogens is 364 g/mol. The maximum Gasteiger partial charge on any atom is 0.264 e. The summed E-state index contributed by atoms with van der Waals surface area (Å²) in [7, 11) is 0. The summed E-state index contributed by atoms with van der Waals surface area (Å²) in [5.74, 6) is 0.936. The first kappa shape index (κ1) is 19.0. The monoisotopic (exact) mass is 388 g/mol. The maximum atomic E-state index is 12.7. The van der Waals surface area contributed by atoms with Crippen molar-refractivity contribution in [3.05, 3.63) is 52.7 Å². The van der Waals surface area contributed by atoms with Crippen LogP contribution in [0.5, 0.6) is 0 Å². The molecule has 1 aromatic carbocycles. The Balaban J connectivity index is 1.45. The van der Waals surface area contributed by atoms with E-state index in [1.807, 2.05) is 35.7 Å². The molecule has 0 unspecified atom stereocenters. The van der Waals surface area contributed by atoms with E-state index < -0.39 is 0 Å². The van der Waals surface area contributed by atoms with Crippen LogP contribution in [0.1, 0.15) is 35.4 Å². The number of carbonyl (C=O) groups excluding carboxylic acids is 2. The molecule has 0 bridgehead atoms. The summed E-state index contributed by atoms with van der Waals surface area (Å²) in [6.07, 6.45) is 3.63. The first-order valence-corrected chi connectivity index (χ1v) is 10.9. The van der Waals surface area contributed by atoms with Gasteiger partial charge < -0.3 is 10.2 Å². The number of hydrogen-bond donors (Lipinski definition) is 1. The third kappa shape index (κ3) is 5.11. The summed E-state index contributed by atoms with van der Waals surface area (Å²) < 4.78 is 0. The van der Waals surface area contributed by atoms with Crippen LogP contribution in [0.15, 0.2) is 52.7 Å². The van der Waals surface area contributed by atoms with Crippen LogP contribution in [0.2, 0.25) is 0 Å². The molecule has 1 aliphatic heterocycles. The number of piperidine rings is 1. The number of rotatable bonds is 7.